The fourth-order valence-corrected chi connectivity index (χ4v) is 3.12. The van der Waals surface area contributed by atoms with Crippen molar-refractivity contribution in [1.29, 1.82) is 0 Å². The molecular weight excluding hydrogens is 362 g/mol. The summed E-state index contributed by atoms with van der Waals surface area (Å²) >= 11 is 5.98. The second kappa shape index (κ2) is 9.97. The van der Waals surface area contributed by atoms with Crippen molar-refractivity contribution in [3.63, 3.8) is 0 Å². The molecule has 3 amide bonds. The molecule has 0 heterocycles. The van der Waals surface area contributed by atoms with E-state index in [1.807, 2.05) is 56.3 Å². The number of amides is 3. The van der Waals surface area contributed by atoms with Crippen LogP contribution in [-0.4, -0.2) is 18.5 Å². The highest BCUT2D eigenvalue weighted by molar-refractivity contribution is 6.30. The van der Waals surface area contributed by atoms with Crippen LogP contribution in [-0.2, 0) is 10.3 Å². The fourth-order valence-electron chi connectivity index (χ4n) is 2.99. The van der Waals surface area contributed by atoms with E-state index in [1.165, 1.54) is 0 Å². The van der Waals surface area contributed by atoms with Gasteiger partial charge in [0.15, 0.2) is 0 Å². The molecule has 0 fully saturated rings. The van der Waals surface area contributed by atoms with E-state index < -0.39 is 5.54 Å². The van der Waals surface area contributed by atoms with Crippen LogP contribution in [0.5, 0.6) is 0 Å². The average molecular weight is 388 g/mol. The molecule has 5 nitrogen and oxygen atoms in total. The molecule has 3 N–H and O–H groups in total. The molecule has 0 saturated heterocycles. The molecule has 6 heteroatoms. The van der Waals surface area contributed by atoms with E-state index >= 15 is 0 Å². The predicted molar refractivity (Wildman–Crippen MR) is 110 cm³/mol. The van der Waals surface area contributed by atoms with Gasteiger partial charge in [0.25, 0.3) is 0 Å². The Balaban J connectivity index is 1.87. The Kier molecular flexibility index (Phi) is 7.67. The van der Waals surface area contributed by atoms with Crippen LogP contribution in [0.4, 0.5) is 10.5 Å². The maximum Gasteiger partial charge on any atom is 0.319 e. The highest BCUT2D eigenvalue weighted by atomic mass is 35.5. The van der Waals surface area contributed by atoms with Crippen molar-refractivity contribution in [2.24, 2.45) is 0 Å². The van der Waals surface area contributed by atoms with E-state index in [0.717, 1.165) is 18.4 Å². The van der Waals surface area contributed by atoms with Crippen LogP contribution in [0.3, 0.4) is 0 Å². The first-order chi connectivity index (χ1) is 13.0. The van der Waals surface area contributed by atoms with Crippen molar-refractivity contribution in [2.45, 2.75) is 38.6 Å². The Labute approximate surface area is 165 Å². The molecule has 0 aromatic heterocycles. The number of urea groups is 1. The van der Waals surface area contributed by atoms with Crippen LogP contribution >= 0.6 is 11.6 Å². The lowest BCUT2D eigenvalue weighted by molar-refractivity contribution is -0.123. The summed E-state index contributed by atoms with van der Waals surface area (Å²) in [6.45, 7) is 4.35. The number of carbonyl (C=O) groups excluding carboxylic acids is 2. The van der Waals surface area contributed by atoms with Crippen molar-refractivity contribution >= 4 is 29.2 Å². The summed E-state index contributed by atoms with van der Waals surface area (Å²) in [5.41, 5.74) is 1.30. The van der Waals surface area contributed by atoms with Crippen LogP contribution in [0, 0.1) is 0 Å². The average Bonchev–Trinajstić information content (AvgIpc) is 2.67. The minimum Gasteiger partial charge on any atom is -0.347 e. The zero-order valence-electron chi connectivity index (χ0n) is 15.7. The molecule has 0 aliphatic rings. The van der Waals surface area contributed by atoms with Crippen LogP contribution in [0.25, 0.3) is 0 Å². The van der Waals surface area contributed by atoms with E-state index in [9.17, 15) is 9.59 Å². The standard InChI is InChI=1S/C21H26ClN3O2/c1-3-21(4-2,16-10-12-17(22)13-11-16)25-19(26)14-15-23-20(27)24-18-8-6-5-7-9-18/h5-13H,3-4,14-15H2,1-2H3,(H,25,26)(H2,23,24,27). The van der Waals surface area contributed by atoms with Gasteiger partial charge in [0.05, 0.1) is 5.54 Å². The summed E-state index contributed by atoms with van der Waals surface area (Å²) in [5, 5.41) is 9.23. The lowest BCUT2D eigenvalue weighted by atomic mass is 9.84. The number of para-hydroxylation sites is 1. The lowest BCUT2D eigenvalue weighted by Gasteiger charge is -2.33. The Morgan fingerprint density at radius 3 is 2.19 bits per heavy atom. The van der Waals surface area contributed by atoms with E-state index in [1.54, 1.807) is 12.1 Å². The van der Waals surface area contributed by atoms with Crippen LogP contribution < -0.4 is 16.0 Å². The minimum absolute atomic E-state index is 0.103. The highest BCUT2D eigenvalue weighted by Crippen LogP contribution is 2.29. The Hall–Kier alpha value is -2.53. The maximum absolute atomic E-state index is 12.4. The molecule has 27 heavy (non-hydrogen) atoms. The summed E-state index contributed by atoms with van der Waals surface area (Å²) < 4.78 is 0. The zero-order chi connectivity index (χ0) is 19.7. The number of rotatable bonds is 8. The van der Waals surface area contributed by atoms with E-state index in [4.69, 9.17) is 11.6 Å². The maximum atomic E-state index is 12.4. The molecule has 0 aliphatic carbocycles. The van der Waals surface area contributed by atoms with Crippen molar-refractivity contribution < 1.29 is 9.59 Å². The van der Waals surface area contributed by atoms with Crippen molar-refractivity contribution in [2.75, 3.05) is 11.9 Å². The van der Waals surface area contributed by atoms with Gasteiger partial charge in [0.1, 0.15) is 0 Å². The predicted octanol–water partition coefficient (Wildman–Crippen LogP) is 4.68. The monoisotopic (exact) mass is 387 g/mol. The van der Waals surface area contributed by atoms with Crippen LogP contribution in [0.1, 0.15) is 38.7 Å². The molecule has 2 aromatic carbocycles. The largest absolute Gasteiger partial charge is 0.347 e. The quantitative estimate of drug-likeness (QED) is 0.615. The van der Waals surface area contributed by atoms with Gasteiger partial charge >= 0.3 is 6.03 Å². The van der Waals surface area contributed by atoms with E-state index in [2.05, 4.69) is 16.0 Å². The summed E-state index contributed by atoms with van der Waals surface area (Å²) in [5.74, 6) is -0.103. The van der Waals surface area contributed by atoms with Gasteiger partial charge in [-0.2, -0.15) is 0 Å². The topological polar surface area (TPSA) is 70.2 Å². The van der Waals surface area contributed by atoms with Crippen molar-refractivity contribution in [3.05, 3.63) is 65.2 Å². The molecule has 0 spiro atoms. The third kappa shape index (κ3) is 6.00. The zero-order valence-corrected chi connectivity index (χ0v) is 16.5. The molecule has 0 aliphatic heterocycles. The second-order valence-electron chi connectivity index (χ2n) is 6.34. The summed E-state index contributed by atoms with van der Waals surface area (Å²) in [7, 11) is 0. The molecule has 0 bridgehead atoms. The molecule has 0 unspecified atom stereocenters. The summed E-state index contributed by atoms with van der Waals surface area (Å²) in [6, 6.07) is 16.4. The van der Waals surface area contributed by atoms with E-state index in [-0.39, 0.29) is 24.9 Å². The number of hydrogen-bond acceptors (Lipinski definition) is 2. The van der Waals surface area contributed by atoms with Crippen molar-refractivity contribution in [3.8, 4) is 0 Å². The number of nitrogens with one attached hydrogen (secondary N) is 3. The number of carbonyl (C=O) groups is 2. The molecule has 0 radical (unpaired) electrons. The first kappa shape index (κ1) is 20.8. The van der Waals surface area contributed by atoms with Gasteiger partial charge in [-0.3, -0.25) is 4.79 Å². The van der Waals surface area contributed by atoms with Gasteiger partial charge in [0, 0.05) is 23.7 Å². The lowest BCUT2D eigenvalue weighted by Crippen LogP contribution is -2.46. The van der Waals surface area contributed by atoms with Gasteiger partial charge in [-0.1, -0.05) is 55.8 Å². The van der Waals surface area contributed by atoms with Gasteiger partial charge in [-0.05, 0) is 42.7 Å². The number of anilines is 1. The molecule has 144 valence electrons. The SMILES string of the molecule is CCC(CC)(NC(=O)CCNC(=O)Nc1ccccc1)c1ccc(Cl)cc1. The third-order valence-electron chi connectivity index (χ3n) is 4.65. The minimum atomic E-state index is -0.437. The number of benzene rings is 2. The van der Waals surface area contributed by atoms with Crippen LogP contribution in [0.15, 0.2) is 54.6 Å². The Bertz CT molecular complexity index is 744. The summed E-state index contributed by atoms with van der Waals surface area (Å²) in [6.07, 6.45) is 1.73. The van der Waals surface area contributed by atoms with E-state index in [0.29, 0.717) is 10.7 Å². The van der Waals surface area contributed by atoms with Gasteiger partial charge < -0.3 is 16.0 Å². The van der Waals surface area contributed by atoms with Gasteiger partial charge in [0.2, 0.25) is 5.91 Å². The van der Waals surface area contributed by atoms with Gasteiger partial charge in [-0.15, -0.1) is 0 Å². The molecule has 0 atom stereocenters. The summed E-state index contributed by atoms with van der Waals surface area (Å²) in [4.78, 5) is 24.3. The second-order valence-corrected chi connectivity index (χ2v) is 6.78. The fraction of sp³-hybridized carbons (Fsp3) is 0.333. The Morgan fingerprint density at radius 1 is 0.963 bits per heavy atom. The van der Waals surface area contributed by atoms with Crippen molar-refractivity contribution in [1.82, 2.24) is 10.6 Å². The first-order valence-electron chi connectivity index (χ1n) is 9.16. The number of hydrogen-bond donors (Lipinski definition) is 3. The molecule has 2 aromatic rings. The molecular formula is C21H26ClN3O2. The van der Waals surface area contributed by atoms with Gasteiger partial charge in [-0.25, -0.2) is 4.79 Å². The first-order valence-corrected chi connectivity index (χ1v) is 9.54. The molecule has 0 saturated carbocycles. The van der Waals surface area contributed by atoms with Crippen LogP contribution in [0.2, 0.25) is 5.02 Å². The highest BCUT2D eigenvalue weighted by Gasteiger charge is 2.29. The normalized spacial score (nSPS) is 10.9. The third-order valence-corrected chi connectivity index (χ3v) is 4.90. The molecule has 2 rings (SSSR count). The Morgan fingerprint density at radius 2 is 1.59 bits per heavy atom. The number of halogens is 1. The smallest absolute Gasteiger partial charge is 0.319 e.